The third kappa shape index (κ3) is 4.35. The molecular weight excluding hydrogens is 306 g/mol. The third-order valence-corrected chi connectivity index (χ3v) is 6.20. The largest absolute Gasteiger partial charge is 0.212 e. The number of rotatable bonds is 3. The lowest BCUT2D eigenvalue weighted by Crippen LogP contribution is -2.38. The first-order chi connectivity index (χ1) is 12.9. The molecular formula is C22H34NSi+. The maximum absolute atomic E-state index is 8.75. The van der Waals surface area contributed by atoms with Crippen LogP contribution in [-0.2, 0) is 13.4 Å². The molecule has 0 radical (unpaired) electrons. The maximum atomic E-state index is 8.75. The van der Waals surface area contributed by atoms with Gasteiger partial charge in [0.25, 0.3) is 0 Å². The lowest BCUT2D eigenvalue weighted by Gasteiger charge is -2.20. The molecule has 2 aromatic rings. The Balaban J connectivity index is 2.81. The molecule has 0 aliphatic heterocycles. The summed E-state index contributed by atoms with van der Waals surface area (Å²) in [7, 11) is 0.383. The lowest BCUT2D eigenvalue weighted by atomic mass is 9.86. The number of nitrogens with zero attached hydrogens (tertiary/aromatic N) is 1. The zero-order valence-electron chi connectivity index (χ0n) is 21.3. The molecule has 0 amide bonds. The van der Waals surface area contributed by atoms with Crippen molar-refractivity contribution < 1.29 is 11.4 Å². The van der Waals surface area contributed by atoms with Crippen LogP contribution in [0.1, 0.15) is 44.3 Å². The molecule has 1 aromatic heterocycles. The minimum Gasteiger partial charge on any atom is -0.201 e. The molecule has 0 aliphatic rings. The average molecular weight is 346 g/mol. The first kappa shape index (κ1) is 12.9. The molecule has 0 bridgehead atoms. The van der Waals surface area contributed by atoms with E-state index in [2.05, 4.69) is 44.8 Å². The quantitative estimate of drug-likeness (QED) is 0.548. The van der Waals surface area contributed by atoms with E-state index in [9.17, 15) is 0 Å². The van der Waals surface area contributed by atoms with Crippen molar-refractivity contribution >= 4 is 13.3 Å². The van der Waals surface area contributed by atoms with Crippen molar-refractivity contribution in [2.75, 3.05) is 0 Å². The number of pyridine rings is 1. The summed E-state index contributed by atoms with van der Waals surface area (Å²) >= 11 is 0. The molecule has 1 nitrogen and oxygen atoms in total. The summed E-state index contributed by atoms with van der Waals surface area (Å²) in [6, 6.07) is 8.20. The van der Waals surface area contributed by atoms with E-state index in [1.54, 1.807) is 37.6 Å². The minimum atomic E-state index is -2.39. The van der Waals surface area contributed by atoms with E-state index in [0.29, 0.717) is 0 Å². The summed E-state index contributed by atoms with van der Waals surface area (Å²) < 4.78 is 43.2. The maximum Gasteiger partial charge on any atom is 0.212 e. The SMILES string of the molecule is [2H]C([2H])([2H])c1c[n+](C)c(-c2ccc([Si](C)(C)C)cc2C)cc1C([2H])([2H])C(C)(C)C. The second-order valence-corrected chi connectivity index (χ2v) is 13.8. The van der Waals surface area contributed by atoms with Crippen LogP contribution in [0.2, 0.25) is 19.6 Å². The van der Waals surface area contributed by atoms with Gasteiger partial charge in [-0.1, -0.05) is 57.7 Å². The molecule has 0 saturated carbocycles. The van der Waals surface area contributed by atoms with Crippen LogP contribution in [0.5, 0.6) is 0 Å². The highest BCUT2D eigenvalue weighted by Gasteiger charge is 2.21. The van der Waals surface area contributed by atoms with E-state index in [1.807, 2.05) is 7.05 Å². The molecule has 2 rings (SSSR count). The van der Waals surface area contributed by atoms with Gasteiger partial charge in [0.1, 0.15) is 7.05 Å². The molecule has 0 unspecified atom stereocenters. The highest BCUT2D eigenvalue weighted by molar-refractivity contribution is 6.88. The Labute approximate surface area is 156 Å². The van der Waals surface area contributed by atoms with Crippen LogP contribution in [-0.4, -0.2) is 8.07 Å². The van der Waals surface area contributed by atoms with Gasteiger partial charge in [-0.2, -0.15) is 0 Å². The van der Waals surface area contributed by atoms with Gasteiger partial charge in [0.05, 0.1) is 8.07 Å². The fourth-order valence-corrected chi connectivity index (χ4v) is 4.07. The smallest absolute Gasteiger partial charge is 0.201 e. The van der Waals surface area contributed by atoms with Crippen LogP contribution in [0.4, 0.5) is 0 Å². The first-order valence-electron chi connectivity index (χ1n) is 11.0. The molecule has 24 heavy (non-hydrogen) atoms. The summed E-state index contributed by atoms with van der Waals surface area (Å²) in [6.07, 6.45) is -0.223. The molecule has 2 heteroatoms. The molecule has 0 atom stereocenters. The van der Waals surface area contributed by atoms with Crippen molar-refractivity contribution in [3.05, 3.63) is 47.2 Å². The number of hydrogen-bond donors (Lipinski definition) is 0. The molecule has 0 fully saturated rings. The topological polar surface area (TPSA) is 3.88 Å². The molecule has 1 aromatic carbocycles. The van der Waals surface area contributed by atoms with Gasteiger partial charge >= 0.3 is 0 Å². The van der Waals surface area contributed by atoms with E-state index in [0.717, 1.165) is 16.8 Å². The number of aromatic nitrogens is 1. The molecule has 0 spiro atoms. The standard InChI is InChI=1S/C22H34NSi/c1-16-12-19(24(7,8)9)10-11-20(16)21-13-18(14-22(3,4)5)17(2)15-23(21)6/h10-13,15H,14H2,1-9H3/q+1/i2D3,14D2. The predicted molar refractivity (Wildman–Crippen MR) is 109 cm³/mol. The van der Waals surface area contributed by atoms with Crippen LogP contribution >= 0.6 is 0 Å². The van der Waals surface area contributed by atoms with Gasteiger partial charge < -0.3 is 0 Å². The van der Waals surface area contributed by atoms with Crippen LogP contribution in [0.25, 0.3) is 11.3 Å². The zero-order chi connectivity index (χ0) is 22.6. The number of aryl methyl sites for hydroxylation is 3. The Bertz CT molecular complexity index is 919. The van der Waals surface area contributed by atoms with E-state index < -0.39 is 26.7 Å². The Morgan fingerprint density at radius 1 is 1.12 bits per heavy atom. The fourth-order valence-electron chi connectivity index (χ4n) is 2.84. The highest BCUT2D eigenvalue weighted by atomic mass is 28.3. The Morgan fingerprint density at radius 3 is 2.29 bits per heavy atom. The highest BCUT2D eigenvalue weighted by Crippen LogP contribution is 2.26. The van der Waals surface area contributed by atoms with Crippen LogP contribution in [0, 0.1) is 19.2 Å². The van der Waals surface area contributed by atoms with Crippen molar-refractivity contribution in [2.45, 2.75) is 60.6 Å². The Morgan fingerprint density at radius 2 is 1.79 bits per heavy atom. The number of hydrogen-bond acceptors (Lipinski definition) is 0. The van der Waals surface area contributed by atoms with Gasteiger partial charge in [0.2, 0.25) is 5.69 Å². The second kappa shape index (κ2) is 6.48. The second-order valence-electron chi connectivity index (χ2n) is 8.75. The van der Waals surface area contributed by atoms with E-state index in [4.69, 9.17) is 6.85 Å². The van der Waals surface area contributed by atoms with Crippen molar-refractivity contribution in [1.82, 2.24) is 0 Å². The summed E-state index contributed by atoms with van der Waals surface area (Å²) in [5.41, 5.74) is 2.50. The van der Waals surface area contributed by atoms with E-state index in [1.165, 1.54) is 5.19 Å². The van der Waals surface area contributed by atoms with Crippen LogP contribution in [0.15, 0.2) is 30.5 Å². The summed E-state index contributed by atoms with van der Waals surface area (Å²) in [5.74, 6) is 0. The summed E-state index contributed by atoms with van der Waals surface area (Å²) in [4.78, 5) is 0. The van der Waals surface area contributed by atoms with Gasteiger partial charge in [0.15, 0.2) is 6.20 Å². The molecule has 0 N–H and O–H groups in total. The average Bonchev–Trinajstić information content (AvgIpc) is 2.52. The van der Waals surface area contributed by atoms with Crippen molar-refractivity contribution in [1.29, 1.82) is 0 Å². The normalized spacial score (nSPS) is 16.8. The molecule has 1 heterocycles. The Hall–Kier alpha value is -1.41. The molecule has 0 aliphatic carbocycles. The van der Waals surface area contributed by atoms with Gasteiger partial charge in [-0.15, -0.1) is 0 Å². The summed E-state index contributed by atoms with van der Waals surface area (Å²) in [6.45, 7) is 12.0. The van der Waals surface area contributed by atoms with Gasteiger partial charge in [0, 0.05) is 24.0 Å². The monoisotopic (exact) mass is 345 g/mol. The Kier molecular flexibility index (Phi) is 3.48. The lowest BCUT2D eigenvalue weighted by molar-refractivity contribution is -0.660. The molecule has 0 saturated heterocycles. The van der Waals surface area contributed by atoms with Gasteiger partial charge in [-0.05, 0) is 42.8 Å². The third-order valence-electron chi connectivity index (χ3n) is 4.15. The van der Waals surface area contributed by atoms with Crippen LogP contribution < -0.4 is 9.75 Å². The van der Waals surface area contributed by atoms with Crippen LogP contribution in [0.3, 0.4) is 0 Å². The van der Waals surface area contributed by atoms with E-state index in [-0.39, 0.29) is 11.1 Å². The van der Waals surface area contributed by atoms with Gasteiger partial charge in [-0.25, -0.2) is 4.57 Å². The van der Waals surface area contributed by atoms with Gasteiger partial charge in [-0.3, -0.25) is 0 Å². The van der Waals surface area contributed by atoms with Crippen molar-refractivity contribution in [2.24, 2.45) is 12.5 Å². The number of benzene rings is 1. The fraction of sp³-hybridized carbons (Fsp3) is 0.500. The van der Waals surface area contributed by atoms with Crippen molar-refractivity contribution in [3.8, 4) is 11.3 Å². The first-order valence-corrected chi connectivity index (χ1v) is 12.0. The van der Waals surface area contributed by atoms with E-state index >= 15 is 0 Å². The predicted octanol–water partition coefficient (Wildman–Crippen LogP) is 4.93. The zero-order valence-corrected chi connectivity index (χ0v) is 17.3. The van der Waals surface area contributed by atoms with Crippen molar-refractivity contribution in [3.63, 3.8) is 0 Å². The summed E-state index contributed by atoms with van der Waals surface area (Å²) in [5, 5.41) is 1.37. The minimum absolute atomic E-state index is 0.0695. The molecule has 130 valence electrons.